The molecule has 0 N–H and O–H groups in total. The van der Waals surface area contributed by atoms with Crippen molar-refractivity contribution in [2.75, 3.05) is 0 Å². The predicted molar refractivity (Wildman–Crippen MR) is 42.4 cm³/mol. The van der Waals surface area contributed by atoms with E-state index in [1.165, 1.54) is 11.3 Å². The van der Waals surface area contributed by atoms with Crippen molar-refractivity contribution in [2.24, 2.45) is 0 Å². The maximum atomic E-state index is 5.80. The van der Waals surface area contributed by atoms with Gasteiger partial charge in [0.1, 0.15) is 10.3 Å². The minimum Gasteiger partial charge on any atom is -0.244 e. The zero-order valence-electron chi connectivity index (χ0n) is 4.91. The Bertz CT molecular complexity index is 357. The number of halogens is 1. The fourth-order valence-corrected chi connectivity index (χ4v) is 1.65. The molecule has 2 aromatic heterocycles. The molecule has 0 fully saturated rings. The smallest absolute Gasteiger partial charge is 0.144 e. The topological polar surface area (TPSA) is 25.8 Å². The van der Waals surface area contributed by atoms with Crippen molar-refractivity contribution in [3.05, 3.63) is 22.8 Å². The van der Waals surface area contributed by atoms with Crippen molar-refractivity contribution >= 4 is 33.3 Å². The Labute approximate surface area is 66.5 Å². The second-order valence-electron chi connectivity index (χ2n) is 1.80. The molecule has 50 valence electrons. The molecule has 0 atom stereocenters. The Kier molecular flexibility index (Phi) is 1.32. The van der Waals surface area contributed by atoms with Crippen molar-refractivity contribution in [2.45, 2.75) is 0 Å². The Morgan fingerprint density at radius 2 is 2.30 bits per heavy atom. The van der Waals surface area contributed by atoms with Crippen LogP contribution in [0.4, 0.5) is 0 Å². The average molecular weight is 171 g/mol. The first-order valence-corrected chi connectivity index (χ1v) is 3.97. The molecule has 0 spiro atoms. The van der Waals surface area contributed by atoms with Gasteiger partial charge in [-0.05, 0) is 6.07 Å². The molecule has 2 aromatic rings. The van der Waals surface area contributed by atoms with Gasteiger partial charge in [0.05, 0.1) is 10.5 Å². The maximum Gasteiger partial charge on any atom is 0.144 e. The minimum atomic E-state index is 0.672. The molecule has 0 aliphatic heterocycles. The quantitative estimate of drug-likeness (QED) is 0.607. The summed E-state index contributed by atoms with van der Waals surface area (Å²) < 4.78 is 0. The predicted octanol–water partition coefficient (Wildman–Crippen LogP) is 2.34. The van der Waals surface area contributed by atoms with Gasteiger partial charge < -0.3 is 0 Å². The molecule has 0 saturated carbocycles. The Hall–Kier alpha value is -0.670. The number of hydrogen-bond donors (Lipinski definition) is 0. The Morgan fingerprint density at radius 1 is 1.40 bits per heavy atom. The van der Waals surface area contributed by atoms with Gasteiger partial charge in [-0.15, -0.1) is 11.3 Å². The van der Waals surface area contributed by atoms with Crippen molar-refractivity contribution < 1.29 is 0 Å². The fraction of sp³-hybridized carbons (Fsp3) is 0. The third kappa shape index (κ3) is 0.786. The zero-order chi connectivity index (χ0) is 6.97. The van der Waals surface area contributed by atoms with Crippen LogP contribution in [0, 0.1) is 0 Å². The Morgan fingerprint density at radius 3 is 3.10 bits per heavy atom. The van der Waals surface area contributed by atoms with Crippen LogP contribution in [0.1, 0.15) is 0 Å². The van der Waals surface area contributed by atoms with Crippen LogP contribution >= 0.6 is 22.9 Å². The number of pyridine rings is 1. The van der Waals surface area contributed by atoms with Gasteiger partial charge in [0, 0.05) is 6.20 Å². The summed E-state index contributed by atoms with van der Waals surface area (Å²) in [5.41, 5.74) is 2.54. The molecule has 0 bridgehead atoms. The van der Waals surface area contributed by atoms with Crippen LogP contribution in [-0.2, 0) is 0 Å². The van der Waals surface area contributed by atoms with Gasteiger partial charge in [-0.25, -0.2) is 9.97 Å². The number of aromatic nitrogens is 2. The molecular weight excluding hydrogens is 168 g/mol. The average Bonchev–Trinajstić information content (AvgIpc) is 2.36. The summed E-state index contributed by atoms with van der Waals surface area (Å²) in [6.07, 6.45) is 1.68. The van der Waals surface area contributed by atoms with E-state index in [9.17, 15) is 0 Å². The van der Waals surface area contributed by atoms with Crippen LogP contribution in [0.15, 0.2) is 17.8 Å². The van der Waals surface area contributed by atoms with Crippen LogP contribution in [0.2, 0.25) is 5.02 Å². The van der Waals surface area contributed by atoms with Crippen molar-refractivity contribution in [3.8, 4) is 0 Å². The number of nitrogens with zero attached hydrogens (tertiary/aromatic N) is 2. The number of hydrogen-bond acceptors (Lipinski definition) is 3. The van der Waals surface area contributed by atoms with Gasteiger partial charge >= 0.3 is 0 Å². The van der Waals surface area contributed by atoms with Crippen LogP contribution in [-0.4, -0.2) is 9.97 Å². The van der Waals surface area contributed by atoms with Crippen molar-refractivity contribution in [1.29, 1.82) is 0 Å². The molecular formula is C6H3ClN2S. The molecule has 10 heavy (non-hydrogen) atoms. The summed E-state index contributed by atoms with van der Waals surface area (Å²) in [6.45, 7) is 0. The molecule has 0 aliphatic carbocycles. The van der Waals surface area contributed by atoms with Crippen LogP contribution in [0.25, 0.3) is 10.3 Å². The lowest BCUT2D eigenvalue weighted by molar-refractivity contribution is 1.41. The Balaban J connectivity index is 2.95. The largest absolute Gasteiger partial charge is 0.244 e. The van der Waals surface area contributed by atoms with Crippen LogP contribution in [0.5, 0.6) is 0 Å². The highest BCUT2D eigenvalue weighted by atomic mass is 35.5. The highest BCUT2D eigenvalue weighted by Crippen LogP contribution is 2.21. The molecule has 0 saturated heterocycles. The molecule has 2 nitrogen and oxygen atoms in total. The molecule has 2 rings (SSSR count). The summed E-state index contributed by atoms with van der Waals surface area (Å²) in [4.78, 5) is 9.01. The van der Waals surface area contributed by atoms with Crippen molar-refractivity contribution in [3.63, 3.8) is 0 Å². The highest BCUT2D eigenvalue weighted by molar-refractivity contribution is 7.16. The lowest BCUT2D eigenvalue weighted by atomic mass is 10.5. The van der Waals surface area contributed by atoms with E-state index in [4.69, 9.17) is 11.6 Å². The van der Waals surface area contributed by atoms with Gasteiger partial charge in [-0.1, -0.05) is 11.6 Å². The minimum absolute atomic E-state index is 0.672. The van der Waals surface area contributed by atoms with E-state index in [-0.39, 0.29) is 0 Å². The summed E-state index contributed by atoms with van der Waals surface area (Å²) in [5, 5.41) is 0.672. The van der Waals surface area contributed by atoms with Gasteiger partial charge in [0.25, 0.3) is 0 Å². The molecule has 4 heteroatoms. The molecule has 2 heterocycles. The van der Waals surface area contributed by atoms with E-state index in [0.29, 0.717) is 5.02 Å². The van der Waals surface area contributed by atoms with Crippen LogP contribution in [0.3, 0.4) is 0 Å². The molecule has 0 radical (unpaired) electrons. The number of thiazole rings is 1. The van der Waals surface area contributed by atoms with E-state index in [2.05, 4.69) is 9.97 Å². The first kappa shape index (κ1) is 6.07. The lowest BCUT2D eigenvalue weighted by Crippen LogP contribution is -1.72. The second-order valence-corrected chi connectivity index (χ2v) is 3.04. The SMILES string of the molecule is Clc1ccnc2scnc12. The van der Waals surface area contributed by atoms with Gasteiger partial charge in [-0.3, -0.25) is 0 Å². The summed E-state index contributed by atoms with van der Waals surface area (Å²) in [7, 11) is 0. The zero-order valence-corrected chi connectivity index (χ0v) is 6.49. The molecule has 0 amide bonds. The number of fused-ring (bicyclic) bond motifs is 1. The van der Waals surface area contributed by atoms with E-state index in [1.54, 1.807) is 17.8 Å². The maximum absolute atomic E-state index is 5.80. The van der Waals surface area contributed by atoms with Gasteiger partial charge in [-0.2, -0.15) is 0 Å². The lowest BCUT2D eigenvalue weighted by Gasteiger charge is -1.87. The third-order valence-corrected chi connectivity index (χ3v) is 2.23. The molecule has 0 aromatic carbocycles. The summed E-state index contributed by atoms with van der Waals surface area (Å²) >= 11 is 7.30. The first-order valence-electron chi connectivity index (χ1n) is 2.71. The second kappa shape index (κ2) is 2.18. The molecule has 0 aliphatic rings. The highest BCUT2D eigenvalue weighted by Gasteiger charge is 1.99. The van der Waals surface area contributed by atoms with Crippen molar-refractivity contribution in [1.82, 2.24) is 9.97 Å². The van der Waals surface area contributed by atoms with E-state index < -0.39 is 0 Å². The van der Waals surface area contributed by atoms with Gasteiger partial charge in [0.15, 0.2) is 0 Å². The fourth-order valence-electron chi connectivity index (χ4n) is 0.745. The third-order valence-electron chi connectivity index (χ3n) is 1.19. The van der Waals surface area contributed by atoms with E-state index in [1.807, 2.05) is 0 Å². The van der Waals surface area contributed by atoms with Crippen LogP contribution < -0.4 is 0 Å². The van der Waals surface area contributed by atoms with Gasteiger partial charge in [0.2, 0.25) is 0 Å². The molecule has 0 unspecified atom stereocenters. The standard InChI is InChI=1S/C6H3ClN2S/c7-4-1-2-8-6-5(4)9-3-10-6/h1-3H. The van der Waals surface area contributed by atoms with E-state index >= 15 is 0 Å². The normalized spacial score (nSPS) is 10.5. The first-order chi connectivity index (χ1) is 4.88. The summed E-state index contributed by atoms with van der Waals surface area (Å²) in [6, 6.07) is 1.74. The number of rotatable bonds is 0. The van der Waals surface area contributed by atoms with E-state index in [0.717, 1.165) is 10.3 Å². The monoisotopic (exact) mass is 170 g/mol. The summed E-state index contributed by atoms with van der Waals surface area (Å²) in [5.74, 6) is 0.